The van der Waals surface area contributed by atoms with E-state index in [2.05, 4.69) is 20.9 Å². The van der Waals surface area contributed by atoms with Gasteiger partial charge in [0.05, 0.1) is 19.3 Å². The molecule has 0 saturated carbocycles. The molecule has 10 heteroatoms. The van der Waals surface area contributed by atoms with Gasteiger partial charge in [0.1, 0.15) is 10.7 Å². The van der Waals surface area contributed by atoms with Crippen molar-refractivity contribution in [3.63, 3.8) is 0 Å². The first-order valence-corrected chi connectivity index (χ1v) is 13.3. The number of piperazine rings is 1. The molecule has 0 aliphatic carbocycles. The number of rotatable bonds is 5. The van der Waals surface area contributed by atoms with Gasteiger partial charge in [-0.2, -0.15) is 4.31 Å². The number of aromatic nitrogens is 1. The number of para-hydroxylation sites is 1. The molecule has 9 nitrogen and oxygen atoms in total. The second-order valence-corrected chi connectivity index (χ2v) is 10.9. The summed E-state index contributed by atoms with van der Waals surface area (Å²) in [5.41, 5.74) is 2.27. The molecular weight excluding hydrogens is 454 g/mol. The van der Waals surface area contributed by atoms with E-state index in [1.165, 1.54) is 16.1 Å². The molecule has 4 heterocycles. The number of amides is 1. The molecule has 3 aliphatic rings. The second-order valence-electron chi connectivity index (χ2n) is 8.94. The van der Waals surface area contributed by atoms with Gasteiger partial charge in [0.25, 0.3) is 0 Å². The fraction of sp³-hybridized carbons (Fsp3) is 0.500. The maximum absolute atomic E-state index is 13.2. The molecular formula is C24H31N5O4S. The van der Waals surface area contributed by atoms with Crippen LogP contribution >= 0.6 is 0 Å². The van der Waals surface area contributed by atoms with E-state index < -0.39 is 10.0 Å². The Balaban J connectivity index is 1.19. The summed E-state index contributed by atoms with van der Waals surface area (Å²) < 4.78 is 32.3. The third-order valence-electron chi connectivity index (χ3n) is 7.03. The molecule has 0 spiro atoms. The van der Waals surface area contributed by atoms with Gasteiger partial charge in [-0.05, 0) is 37.1 Å². The zero-order chi connectivity index (χ0) is 23.7. The van der Waals surface area contributed by atoms with Crippen molar-refractivity contribution in [3.8, 4) is 0 Å². The van der Waals surface area contributed by atoms with E-state index in [1.807, 2.05) is 30.0 Å². The lowest BCUT2D eigenvalue weighted by Gasteiger charge is -2.39. The number of carbonyl (C=O) groups excluding carboxylic acids is 1. The van der Waals surface area contributed by atoms with Gasteiger partial charge in [-0.25, -0.2) is 13.4 Å². The van der Waals surface area contributed by atoms with Crippen molar-refractivity contribution in [2.45, 2.75) is 24.3 Å². The van der Waals surface area contributed by atoms with Crippen molar-refractivity contribution in [3.05, 3.63) is 48.2 Å². The van der Waals surface area contributed by atoms with Crippen molar-refractivity contribution in [2.75, 3.05) is 68.8 Å². The molecule has 5 rings (SSSR count). The van der Waals surface area contributed by atoms with Crippen LogP contribution in [0.3, 0.4) is 0 Å². The third kappa shape index (κ3) is 4.43. The van der Waals surface area contributed by atoms with E-state index in [0.717, 1.165) is 50.6 Å². The lowest BCUT2D eigenvalue weighted by molar-refractivity contribution is -0.123. The van der Waals surface area contributed by atoms with Crippen molar-refractivity contribution < 1.29 is 17.9 Å². The number of sulfonamides is 1. The minimum atomic E-state index is -3.55. The summed E-state index contributed by atoms with van der Waals surface area (Å²) in [6, 6.07) is 11.3. The van der Waals surface area contributed by atoms with Crippen molar-refractivity contribution in [2.24, 2.45) is 0 Å². The number of hydrogen-bond acceptors (Lipinski definition) is 7. The molecule has 0 bridgehead atoms. The Labute approximate surface area is 201 Å². The number of hydrogen-bond donors (Lipinski definition) is 0. The van der Waals surface area contributed by atoms with Crippen molar-refractivity contribution >= 4 is 27.4 Å². The van der Waals surface area contributed by atoms with E-state index in [-0.39, 0.29) is 16.8 Å². The average molecular weight is 486 g/mol. The summed E-state index contributed by atoms with van der Waals surface area (Å²) in [6.07, 6.45) is 2.36. The van der Waals surface area contributed by atoms with Gasteiger partial charge in [0.15, 0.2) is 0 Å². The number of anilines is 2. The van der Waals surface area contributed by atoms with Crippen LogP contribution in [0.15, 0.2) is 47.5 Å². The summed E-state index contributed by atoms with van der Waals surface area (Å²) >= 11 is 0. The highest BCUT2D eigenvalue weighted by Gasteiger charge is 2.33. The maximum atomic E-state index is 13.2. The Morgan fingerprint density at radius 3 is 2.41 bits per heavy atom. The predicted octanol–water partition coefficient (Wildman–Crippen LogP) is 1.20. The molecule has 34 heavy (non-hydrogen) atoms. The quantitative estimate of drug-likeness (QED) is 0.629. The monoisotopic (exact) mass is 485 g/mol. The predicted molar refractivity (Wildman–Crippen MR) is 130 cm³/mol. The Hall–Kier alpha value is -2.53. The van der Waals surface area contributed by atoms with Gasteiger partial charge in [-0.3, -0.25) is 9.69 Å². The smallest absolute Gasteiger partial charge is 0.244 e. The van der Waals surface area contributed by atoms with E-state index in [4.69, 9.17) is 4.74 Å². The number of benzene rings is 1. The highest BCUT2D eigenvalue weighted by Crippen LogP contribution is 2.29. The fourth-order valence-electron chi connectivity index (χ4n) is 4.94. The first kappa shape index (κ1) is 23.2. The zero-order valence-corrected chi connectivity index (χ0v) is 20.3. The standard InChI is InChI=1S/C24H31N5O4S/c1-19(24(30)29-9-8-20-4-2-3-5-22(20)29)26-10-12-27(13-11-26)23-7-6-21(18-25-23)34(31,32)28-14-16-33-17-15-28/h2-7,18-19H,8-17H2,1H3. The van der Waals surface area contributed by atoms with Gasteiger partial charge < -0.3 is 14.5 Å². The van der Waals surface area contributed by atoms with Gasteiger partial charge >= 0.3 is 0 Å². The molecule has 1 amide bonds. The van der Waals surface area contributed by atoms with Crippen LogP contribution in [-0.4, -0.2) is 93.6 Å². The molecule has 1 atom stereocenters. The Bertz CT molecular complexity index is 1130. The summed E-state index contributed by atoms with van der Waals surface area (Å²) in [5, 5.41) is 0. The largest absolute Gasteiger partial charge is 0.379 e. The first-order chi connectivity index (χ1) is 16.4. The van der Waals surface area contributed by atoms with Crippen LogP contribution < -0.4 is 9.80 Å². The van der Waals surface area contributed by atoms with Gasteiger partial charge in [-0.15, -0.1) is 0 Å². The number of pyridine rings is 1. The van der Waals surface area contributed by atoms with Crippen LogP contribution in [0.1, 0.15) is 12.5 Å². The Kier molecular flexibility index (Phi) is 6.57. The Morgan fingerprint density at radius 1 is 0.971 bits per heavy atom. The van der Waals surface area contributed by atoms with Crippen LogP contribution in [0.25, 0.3) is 0 Å². The van der Waals surface area contributed by atoms with Gasteiger partial charge in [0.2, 0.25) is 15.9 Å². The lowest BCUT2D eigenvalue weighted by atomic mass is 10.1. The van der Waals surface area contributed by atoms with Crippen LogP contribution in [-0.2, 0) is 26.0 Å². The molecule has 182 valence electrons. The maximum Gasteiger partial charge on any atom is 0.244 e. The average Bonchev–Trinajstić information content (AvgIpc) is 3.33. The highest BCUT2D eigenvalue weighted by molar-refractivity contribution is 7.89. The minimum Gasteiger partial charge on any atom is -0.379 e. The molecule has 3 aliphatic heterocycles. The fourth-order valence-corrected chi connectivity index (χ4v) is 6.29. The van der Waals surface area contributed by atoms with Crippen LogP contribution in [0.4, 0.5) is 11.5 Å². The molecule has 0 radical (unpaired) electrons. The Morgan fingerprint density at radius 2 is 1.71 bits per heavy atom. The molecule has 2 saturated heterocycles. The van der Waals surface area contributed by atoms with Crippen LogP contribution in [0, 0.1) is 0 Å². The summed E-state index contributed by atoms with van der Waals surface area (Å²) in [5.74, 6) is 0.905. The van der Waals surface area contributed by atoms with E-state index in [9.17, 15) is 13.2 Å². The third-order valence-corrected chi connectivity index (χ3v) is 8.91. The molecule has 0 N–H and O–H groups in total. The zero-order valence-electron chi connectivity index (χ0n) is 19.5. The molecule has 2 fully saturated rings. The van der Waals surface area contributed by atoms with Gasteiger partial charge in [-0.1, -0.05) is 18.2 Å². The topological polar surface area (TPSA) is 86.3 Å². The van der Waals surface area contributed by atoms with Crippen LogP contribution in [0.5, 0.6) is 0 Å². The first-order valence-electron chi connectivity index (χ1n) is 11.9. The second kappa shape index (κ2) is 9.61. The van der Waals surface area contributed by atoms with E-state index >= 15 is 0 Å². The van der Waals surface area contributed by atoms with Gasteiger partial charge in [0, 0.05) is 57.7 Å². The normalized spacial score (nSPS) is 20.9. The molecule has 1 aromatic heterocycles. The number of morpholine rings is 1. The highest BCUT2D eigenvalue weighted by atomic mass is 32.2. The summed E-state index contributed by atoms with van der Waals surface area (Å²) in [7, 11) is -3.55. The lowest BCUT2D eigenvalue weighted by Crippen LogP contribution is -2.54. The number of fused-ring (bicyclic) bond motifs is 1. The molecule has 1 aromatic carbocycles. The SMILES string of the molecule is CC(C(=O)N1CCc2ccccc21)N1CCN(c2ccc(S(=O)(=O)N3CCOCC3)cn2)CC1. The minimum absolute atomic E-state index is 0.147. The van der Waals surface area contributed by atoms with Crippen molar-refractivity contribution in [1.82, 2.24) is 14.2 Å². The molecule has 1 unspecified atom stereocenters. The number of ether oxygens (including phenoxy) is 1. The molecule has 2 aromatic rings. The van der Waals surface area contributed by atoms with E-state index in [0.29, 0.717) is 26.3 Å². The summed E-state index contributed by atoms with van der Waals surface area (Å²) in [4.78, 5) is 24.2. The number of nitrogens with zero attached hydrogens (tertiary/aromatic N) is 5. The van der Waals surface area contributed by atoms with Crippen molar-refractivity contribution in [1.29, 1.82) is 0 Å². The van der Waals surface area contributed by atoms with E-state index in [1.54, 1.807) is 12.1 Å². The van der Waals surface area contributed by atoms with Crippen LogP contribution in [0.2, 0.25) is 0 Å². The summed E-state index contributed by atoms with van der Waals surface area (Å²) in [6.45, 7) is 7.26. The number of carbonyl (C=O) groups is 1.